The standard InChI is InChI=1S/C15H15N3O/c19-11-5-10-18-14-8-2-1-6-12(14)17-15(18)13-7-3-4-9-16-13/h1-4,6-9,19H,5,10-11H2. The molecule has 4 heteroatoms. The molecule has 0 aliphatic carbocycles. The smallest absolute Gasteiger partial charge is 0.159 e. The molecule has 1 N–H and O–H groups in total. The predicted molar refractivity (Wildman–Crippen MR) is 74.7 cm³/mol. The average Bonchev–Trinajstić information content (AvgIpc) is 2.85. The Bertz CT molecular complexity index is 676. The lowest BCUT2D eigenvalue weighted by molar-refractivity contribution is 0.281. The van der Waals surface area contributed by atoms with Crippen LogP contribution in [0.5, 0.6) is 0 Å². The molecule has 0 fully saturated rings. The topological polar surface area (TPSA) is 50.9 Å². The number of aromatic nitrogens is 3. The highest BCUT2D eigenvalue weighted by Gasteiger charge is 2.12. The molecule has 0 saturated carbocycles. The second-order valence-electron chi connectivity index (χ2n) is 4.37. The normalized spacial score (nSPS) is 11.0. The molecule has 0 aliphatic rings. The molecule has 4 nitrogen and oxygen atoms in total. The highest BCUT2D eigenvalue weighted by molar-refractivity contribution is 5.79. The number of fused-ring (bicyclic) bond motifs is 1. The molecule has 1 aromatic carbocycles. The highest BCUT2D eigenvalue weighted by atomic mass is 16.3. The summed E-state index contributed by atoms with van der Waals surface area (Å²) in [6.07, 6.45) is 2.48. The predicted octanol–water partition coefficient (Wildman–Crippen LogP) is 2.48. The molecule has 2 aromatic heterocycles. The quantitative estimate of drug-likeness (QED) is 0.777. The summed E-state index contributed by atoms with van der Waals surface area (Å²) in [5, 5.41) is 9.05. The number of aliphatic hydroxyl groups excluding tert-OH is 1. The van der Waals surface area contributed by atoms with Crippen molar-refractivity contribution in [3.63, 3.8) is 0 Å². The van der Waals surface area contributed by atoms with E-state index in [2.05, 4.69) is 14.5 Å². The van der Waals surface area contributed by atoms with Gasteiger partial charge in [0.15, 0.2) is 5.82 Å². The van der Waals surface area contributed by atoms with E-state index in [4.69, 9.17) is 5.11 Å². The van der Waals surface area contributed by atoms with Gasteiger partial charge >= 0.3 is 0 Å². The zero-order chi connectivity index (χ0) is 13.1. The van der Waals surface area contributed by atoms with Gasteiger partial charge in [0.05, 0.1) is 11.0 Å². The first-order valence-corrected chi connectivity index (χ1v) is 6.37. The summed E-state index contributed by atoms with van der Waals surface area (Å²) in [5.41, 5.74) is 2.90. The average molecular weight is 253 g/mol. The molecule has 3 rings (SSSR count). The molecular weight excluding hydrogens is 238 g/mol. The maximum Gasteiger partial charge on any atom is 0.159 e. The molecule has 3 aromatic rings. The molecule has 0 radical (unpaired) electrons. The summed E-state index contributed by atoms with van der Waals surface area (Å²) in [6, 6.07) is 13.8. The van der Waals surface area contributed by atoms with E-state index in [-0.39, 0.29) is 6.61 Å². The summed E-state index contributed by atoms with van der Waals surface area (Å²) in [5.74, 6) is 0.857. The number of aryl methyl sites for hydroxylation is 1. The van der Waals surface area contributed by atoms with Gasteiger partial charge < -0.3 is 9.67 Å². The summed E-state index contributed by atoms with van der Waals surface area (Å²) in [7, 11) is 0. The van der Waals surface area contributed by atoms with Crippen molar-refractivity contribution >= 4 is 11.0 Å². The molecule has 0 atom stereocenters. The van der Waals surface area contributed by atoms with Crippen LogP contribution in [0.25, 0.3) is 22.6 Å². The summed E-state index contributed by atoms with van der Waals surface area (Å²) < 4.78 is 2.12. The van der Waals surface area contributed by atoms with Gasteiger partial charge in [-0.1, -0.05) is 18.2 Å². The number of imidazole rings is 1. The molecule has 2 heterocycles. The van der Waals surface area contributed by atoms with E-state index in [1.807, 2.05) is 42.5 Å². The van der Waals surface area contributed by atoms with Crippen molar-refractivity contribution in [2.24, 2.45) is 0 Å². The van der Waals surface area contributed by atoms with Crippen LogP contribution < -0.4 is 0 Å². The van der Waals surface area contributed by atoms with Crippen molar-refractivity contribution in [1.29, 1.82) is 0 Å². The highest BCUT2D eigenvalue weighted by Crippen LogP contribution is 2.23. The van der Waals surface area contributed by atoms with E-state index in [1.54, 1.807) is 6.20 Å². The molecule has 0 amide bonds. The van der Waals surface area contributed by atoms with Crippen molar-refractivity contribution in [2.45, 2.75) is 13.0 Å². The SMILES string of the molecule is OCCCn1c(-c2ccccn2)nc2ccccc21. The first-order chi connectivity index (χ1) is 9.40. The van der Waals surface area contributed by atoms with Crippen molar-refractivity contribution in [3.05, 3.63) is 48.7 Å². The van der Waals surface area contributed by atoms with Crippen molar-refractivity contribution in [2.75, 3.05) is 6.61 Å². The van der Waals surface area contributed by atoms with Gasteiger partial charge in [-0.15, -0.1) is 0 Å². The maximum atomic E-state index is 9.05. The first-order valence-electron chi connectivity index (χ1n) is 6.37. The fraction of sp³-hybridized carbons (Fsp3) is 0.200. The van der Waals surface area contributed by atoms with Crippen LogP contribution in [0.4, 0.5) is 0 Å². The van der Waals surface area contributed by atoms with Crippen LogP contribution in [0.1, 0.15) is 6.42 Å². The second-order valence-corrected chi connectivity index (χ2v) is 4.37. The number of nitrogens with zero attached hydrogens (tertiary/aromatic N) is 3. The lowest BCUT2D eigenvalue weighted by Crippen LogP contribution is -2.03. The number of pyridine rings is 1. The zero-order valence-electron chi connectivity index (χ0n) is 10.5. The third kappa shape index (κ3) is 2.22. The van der Waals surface area contributed by atoms with Gasteiger partial charge in [-0.05, 0) is 30.7 Å². The lowest BCUT2D eigenvalue weighted by Gasteiger charge is -2.07. The maximum absolute atomic E-state index is 9.05. The molecule has 0 bridgehead atoms. The van der Waals surface area contributed by atoms with E-state index in [1.165, 1.54) is 0 Å². The van der Waals surface area contributed by atoms with E-state index in [9.17, 15) is 0 Å². The Hall–Kier alpha value is -2.20. The van der Waals surface area contributed by atoms with Crippen molar-refractivity contribution in [1.82, 2.24) is 14.5 Å². The van der Waals surface area contributed by atoms with Crippen LogP contribution in [0.3, 0.4) is 0 Å². The van der Waals surface area contributed by atoms with Crippen molar-refractivity contribution in [3.8, 4) is 11.5 Å². The Morgan fingerprint density at radius 2 is 1.89 bits per heavy atom. The Morgan fingerprint density at radius 3 is 2.68 bits per heavy atom. The molecule has 0 spiro atoms. The number of aliphatic hydroxyl groups is 1. The minimum atomic E-state index is 0.175. The molecule has 0 aliphatic heterocycles. The molecule has 19 heavy (non-hydrogen) atoms. The molecule has 96 valence electrons. The molecule has 0 unspecified atom stereocenters. The lowest BCUT2D eigenvalue weighted by atomic mass is 10.3. The number of para-hydroxylation sites is 2. The Labute approximate surface area is 111 Å². The van der Waals surface area contributed by atoms with Gasteiger partial charge in [-0.2, -0.15) is 0 Å². The van der Waals surface area contributed by atoms with Gasteiger partial charge in [-0.25, -0.2) is 4.98 Å². The van der Waals surface area contributed by atoms with Crippen LogP contribution in [-0.4, -0.2) is 26.2 Å². The first kappa shape index (κ1) is 11.9. The second kappa shape index (κ2) is 5.20. The van der Waals surface area contributed by atoms with E-state index in [0.717, 1.165) is 29.1 Å². The van der Waals surface area contributed by atoms with Crippen LogP contribution in [0.15, 0.2) is 48.7 Å². The van der Waals surface area contributed by atoms with E-state index < -0.39 is 0 Å². The van der Waals surface area contributed by atoms with Gasteiger partial charge in [0.25, 0.3) is 0 Å². The number of rotatable bonds is 4. The Balaban J connectivity index is 2.17. The Kier molecular flexibility index (Phi) is 3.25. The van der Waals surface area contributed by atoms with Crippen LogP contribution in [0.2, 0.25) is 0 Å². The zero-order valence-corrected chi connectivity index (χ0v) is 10.5. The van der Waals surface area contributed by atoms with Gasteiger partial charge in [0.2, 0.25) is 0 Å². The van der Waals surface area contributed by atoms with E-state index >= 15 is 0 Å². The fourth-order valence-electron chi connectivity index (χ4n) is 2.22. The van der Waals surface area contributed by atoms with Crippen LogP contribution in [-0.2, 0) is 6.54 Å². The number of hydrogen-bond acceptors (Lipinski definition) is 3. The van der Waals surface area contributed by atoms with Gasteiger partial charge in [0.1, 0.15) is 5.69 Å². The largest absolute Gasteiger partial charge is 0.396 e. The van der Waals surface area contributed by atoms with Crippen molar-refractivity contribution < 1.29 is 5.11 Å². The summed E-state index contributed by atoms with van der Waals surface area (Å²) in [4.78, 5) is 9.02. The Morgan fingerprint density at radius 1 is 1.05 bits per heavy atom. The van der Waals surface area contributed by atoms with Crippen LogP contribution >= 0.6 is 0 Å². The summed E-state index contributed by atoms with van der Waals surface area (Å²) >= 11 is 0. The number of hydrogen-bond donors (Lipinski definition) is 1. The number of benzene rings is 1. The van der Waals surface area contributed by atoms with Gasteiger partial charge in [0, 0.05) is 19.3 Å². The summed E-state index contributed by atoms with van der Waals surface area (Å²) in [6.45, 7) is 0.914. The molecule has 0 saturated heterocycles. The third-order valence-electron chi connectivity index (χ3n) is 3.09. The van der Waals surface area contributed by atoms with Crippen LogP contribution in [0, 0.1) is 0 Å². The van der Waals surface area contributed by atoms with Gasteiger partial charge in [-0.3, -0.25) is 4.98 Å². The minimum absolute atomic E-state index is 0.175. The third-order valence-corrected chi connectivity index (χ3v) is 3.09. The van der Waals surface area contributed by atoms with E-state index in [0.29, 0.717) is 6.42 Å². The fourth-order valence-corrected chi connectivity index (χ4v) is 2.22. The minimum Gasteiger partial charge on any atom is -0.396 e. The monoisotopic (exact) mass is 253 g/mol. The molecular formula is C15H15N3O.